The van der Waals surface area contributed by atoms with E-state index in [1.807, 2.05) is 0 Å². The number of hydrogen-bond donors (Lipinski definition) is 0. The van der Waals surface area contributed by atoms with Gasteiger partial charge in [0.15, 0.2) is 0 Å². The molecule has 0 saturated carbocycles. The Kier molecular flexibility index (Phi) is 6.84. The Hall–Kier alpha value is 0.415. The molecular formula is C7H17BS. The van der Waals surface area contributed by atoms with Crippen molar-refractivity contribution in [2.24, 2.45) is 0 Å². The molecule has 0 rings (SSSR count). The molecule has 0 saturated heterocycles. The molecule has 0 amide bonds. The van der Waals surface area contributed by atoms with Crippen molar-refractivity contribution in [2.45, 2.75) is 39.8 Å². The molecule has 0 aromatic carbocycles. The summed E-state index contributed by atoms with van der Waals surface area (Å²) in [5.41, 5.74) is 0. The van der Waals surface area contributed by atoms with E-state index in [4.69, 9.17) is 0 Å². The van der Waals surface area contributed by atoms with Crippen LogP contribution >= 0.6 is 11.6 Å². The van der Waals surface area contributed by atoms with E-state index in [1.54, 1.807) is 0 Å². The maximum absolute atomic E-state index is 2.27. The van der Waals surface area contributed by atoms with Crippen molar-refractivity contribution in [3.8, 4) is 0 Å². The van der Waals surface area contributed by atoms with Crippen molar-refractivity contribution in [1.82, 2.24) is 0 Å². The molecule has 0 N–H and O–H groups in total. The second-order valence-electron chi connectivity index (χ2n) is 2.31. The van der Waals surface area contributed by atoms with Gasteiger partial charge in [0, 0.05) is 0 Å². The first-order valence-electron chi connectivity index (χ1n) is 3.96. The summed E-state index contributed by atoms with van der Waals surface area (Å²) in [5.74, 6) is 2.26. The number of hydrogen-bond acceptors (Lipinski definition) is 1. The van der Waals surface area contributed by atoms with Crippen LogP contribution < -0.4 is 0 Å². The minimum atomic E-state index is 0.921. The zero-order valence-corrected chi connectivity index (χ0v) is 7.63. The molecule has 0 aromatic rings. The van der Waals surface area contributed by atoms with Crippen LogP contribution in [0.2, 0.25) is 12.6 Å². The lowest BCUT2D eigenvalue weighted by molar-refractivity contribution is 1.11. The zero-order chi connectivity index (χ0) is 7.11. The zero-order valence-electron chi connectivity index (χ0n) is 6.81. The maximum atomic E-state index is 2.27. The van der Waals surface area contributed by atoms with Gasteiger partial charge in [-0.1, -0.05) is 33.4 Å². The van der Waals surface area contributed by atoms with E-state index in [-0.39, 0.29) is 0 Å². The van der Waals surface area contributed by atoms with Gasteiger partial charge in [0.2, 0.25) is 5.99 Å². The monoisotopic (exact) mass is 144 g/mol. The summed E-state index contributed by atoms with van der Waals surface area (Å²) in [7, 11) is 0. The molecule has 0 bridgehead atoms. The van der Waals surface area contributed by atoms with Gasteiger partial charge in [0.1, 0.15) is 0 Å². The fourth-order valence-electron chi connectivity index (χ4n) is 0.809. The Balaban J connectivity index is 3.09. The minimum Gasteiger partial charge on any atom is -0.210 e. The molecule has 0 nitrogen and oxygen atoms in total. The third-order valence-corrected chi connectivity index (χ3v) is 3.25. The highest BCUT2D eigenvalue weighted by Gasteiger charge is 2.06. The van der Waals surface area contributed by atoms with Crippen molar-refractivity contribution in [3.05, 3.63) is 0 Å². The fraction of sp³-hybridized carbons (Fsp3) is 1.00. The van der Waals surface area contributed by atoms with E-state index in [1.165, 1.54) is 24.8 Å². The predicted octanol–water partition coefficient (Wildman–Crippen LogP) is 3.16. The van der Waals surface area contributed by atoms with Crippen molar-refractivity contribution in [1.29, 1.82) is 0 Å². The second kappa shape index (κ2) is 6.53. The first kappa shape index (κ1) is 9.41. The Morgan fingerprint density at radius 3 is 2.00 bits per heavy atom. The molecule has 9 heavy (non-hydrogen) atoms. The quantitative estimate of drug-likeness (QED) is 0.534. The van der Waals surface area contributed by atoms with Crippen LogP contribution in [0.25, 0.3) is 0 Å². The van der Waals surface area contributed by atoms with Gasteiger partial charge in [-0.05, 0) is 12.2 Å². The van der Waals surface area contributed by atoms with Gasteiger partial charge in [0.25, 0.3) is 0 Å². The van der Waals surface area contributed by atoms with Gasteiger partial charge >= 0.3 is 0 Å². The van der Waals surface area contributed by atoms with Crippen LogP contribution in [0.3, 0.4) is 0 Å². The lowest BCUT2D eigenvalue weighted by atomic mass is 9.70. The van der Waals surface area contributed by atoms with Gasteiger partial charge in [0.05, 0.1) is 0 Å². The van der Waals surface area contributed by atoms with Gasteiger partial charge in [-0.25, -0.2) is 11.6 Å². The molecular weight excluding hydrogens is 127 g/mol. The lowest BCUT2D eigenvalue weighted by Crippen LogP contribution is -2.03. The third kappa shape index (κ3) is 4.89. The summed E-state index contributed by atoms with van der Waals surface area (Å²) >= 11 is 2.12. The first-order valence-corrected chi connectivity index (χ1v) is 5.01. The van der Waals surface area contributed by atoms with Gasteiger partial charge < -0.3 is 0 Å². The molecule has 0 aromatic heterocycles. The van der Waals surface area contributed by atoms with Crippen LogP contribution in [-0.4, -0.2) is 11.7 Å². The Labute approximate surface area is 63.8 Å². The van der Waals surface area contributed by atoms with Crippen molar-refractivity contribution in [2.75, 3.05) is 5.75 Å². The smallest absolute Gasteiger partial charge is 0.208 e. The van der Waals surface area contributed by atoms with Crippen LogP contribution in [0.4, 0.5) is 0 Å². The minimum absolute atomic E-state index is 0.921. The summed E-state index contributed by atoms with van der Waals surface area (Å²) < 4.78 is 0. The van der Waals surface area contributed by atoms with Gasteiger partial charge in [-0.15, -0.1) is 0 Å². The van der Waals surface area contributed by atoms with Crippen molar-refractivity contribution >= 4 is 17.6 Å². The molecule has 0 radical (unpaired) electrons. The maximum Gasteiger partial charge on any atom is 0.208 e. The van der Waals surface area contributed by atoms with E-state index < -0.39 is 0 Å². The molecule has 0 aliphatic carbocycles. The SMILES string of the molecule is CCCSB(CC)CC. The van der Waals surface area contributed by atoms with Crippen molar-refractivity contribution in [3.63, 3.8) is 0 Å². The van der Waals surface area contributed by atoms with E-state index in [9.17, 15) is 0 Å². The van der Waals surface area contributed by atoms with E-state index in [0.29, 0.717) is 0 Å². The summed E-state index contributed by atoms with van der Waals surface area (Å²) in [6, 6.07) is 0. The molecule has 54 valence electrons. The van der Waals surface area contributed by atoms with Crippen molar-refractivity contribution < 1.29 is 0 Å². The topological polar surface area (TPSA) is 0 Å². The molecule has 0 aliphatic rings. The van der Waals surface area contributed by atoms with Gasteiger partial charge in [-0.2, -0.15) is 0 Å². The van der Waals surface area contributed by atoms with Crippen LogP contribution in [-0.2, 0) is 0 Å². The fourth-order valence-corrected chi connectivity index (χ4v) is 1.85. The second-order valence-corrected chi connectivity index (χ2v) is 3.72. The van der Waals surface area contributed by atoms with E-state index >= 15 is 0 Å². The molecule has 0 spiro atoms. The van der Waals surface area contributed by atoms with Crippen LogP contribution in [0.1, 0.15) is 27.2 Å². The highest BCUT2D eigenvalue weighted by molar-refractivity contribution is 8.25. The Morgan fingerprint density at radius 2 is 1.67 bits per heavy atom. The highest BCUT2D eigenvalue weighted by Crippen LogP contribution is 2.14. The molecule has 0 unspecified atom stereocenters. The van der Waals surface area contributed by atoms with E-state index in [2.05, 4.69) is 32.4 Å². The normalized spacial score (nSPS) is 9.67. The summed E-state index contributed by atoms with van der Waals surface area (Å²) in [5, 5.41) is 0. The van der Waals surface area contributed by atoms with Gasteiger partial charge in [-0.3, -0.25) is 0 Å². The highest BCUT2D eigenvalue weighted by atomic mass is 32.2. The van der Waals surface area contributed by atoms with Crippen LogP contribution in [0, 0.1) is 0 Å². The molecule has 0 aliphatic heterocycles. The summed E-state index contributed by atoms with van der Waals surface area (Å²) in [6.07, 6.45) is 3.99. The van der Waals surface area contributed by atoms with Crippen LogP contribution in [0.15, 0.2) is 0 Å². The average Bonchev–Trinajstić information content (AvgIpc) is 1.91. The molecule has 0 heterocycles. The van der Waals surface area contributed by atoms with Crippen LogP contribution in [0.5, 0.6) is 0 Å². The summed E-state index contributed by atoms with van der Waals surface area (Å²) in [4.78, 5) is 0. The standard InChI is InChI=1S/C7H17BS/c1-4-7-9-8(5-2)6-3/h4-7H2,1-3H3. The predicted molar refractivity (Wildman–Crippen MR) is 49.5 cm³/mol. The summed E-state index contributed by atoms with van der Waals surface area (Å²) in [6.45, 7) is 6.79. The Morgan fingerprint density at radius 1 is 1.11 bits per heavy atom. The molecule has 0 atom stereocenters. The Bertz CT molecular complexity index is 52.9. The average molecular weight is 144 g/mol. The first-order chi connectivity index (χ1) is 4.35. The lowest BCUT2D eigenvalue weighted by Gasteiger charge is -2.05. The van der Waals surface area contributed by atoms with E-state index in [0.717, 1.165) is 5.99 Å². The largest absolute Gasteiger partial charge is 0.210 e. The number of rotatable bonds is 5. The molecule has 2 heteroatoms. The third-order valence-electron chi connectivity index (χ3n) is 1.47. The molecule has 0 fully saturated rings.